The highest BCUT2D eigenvalue weighted by molar-refractivity contribution is 5.54. The number of hydrogen-bond acceptors (Lipinski definition) is 8. The molecule has 2 aromatic carbocycles. The minimum Gasteiger partial charge on any atom is -0.504 e. The number of aromatic hydroxyl groups is 1. The van der Waals surface area contributed by atoms with E-state index in [4.69, 9.17) is 23.7 Å². The van der Waals surface area contributed by atoms with Crippen LogP contribution in [0, 0.1) is 0 Å². The van der Waals surface area contributed by atoms with Crippen LogP contribution in [0.25, 0.3) is 0 Å². The van der Waals surface area contributed by atoms with Crippen LogP contribution in [0.1, 0.15) is 23.3 Å². The van der Waals surface area contributed by atoms with Gasteiger partial charge in [0.15, 0.2) is 23.0 Å². The maximum absolute atomic E-state index is 10.7. The Labute approximate surface area is 162 Å². The van der Waals surface area contributed by atoms with Crippen molar-refractivity contribution in [1.82, 2.24) is 0 Å². The zero-order chi connectivity index (χ0) is 20.1. The number of ether oxygens (including phenoxy) is 5. The number of aliphatic hydroxyl groups is 2. The standard InChI is InChI=1S/C20H24O8/c1-24-16-10-13-11-17(25-2)20(16)28-8-6-26-5-7-27-15-4-3-12(9-14(15)21)18(22)19(13)23/h3-4,9-11,18-19,21-23H,5-8H2,1-2H3/t18-,19+/m1/s1. The Hall–Kier alpha value is -2.68. The Kier molecular flexibility index (Phi) is 6.45. The molecule has 4 aliphatic rings. The van der Waals surface area contributed by atoms with E-state index in [-0.39, 0.29) is 24.7 Å². The molecule has 152 valence electrons. The summed E-state index contributed by atoms with van der Waals surface area (Å²) in [6.07, 6.45) is -2.58. The van der Waals surface area contributed by atoms with Crippen molar-refractivity contribution in [2.24, 2.45) is 0 Å². The lowest BCUT2D eigenvalue weighted by Crippen LogP contribution is -2.13. The van der Waals surface area contributed by atoms with Gasteiger partial charge in [0.1, 0.15) is 25.4 Å². The zero-order valence-corrected chi connectivity index (χ0v) is 15.8. The molecule has 2 atom stereocenters. The molecule has 4 bridgehead atoms. The molecular weight excluding hydrogens is 368 g/mol. The quantitative estimate of drug-likeness (QED) is 0.712. The number of phenols is 1. The van der Waals surface area contributed by atoms with Crippen molar-refractivity contribution in [2.75, 3.05) is 40.6 Å². The third-order valence-corrected chi connectivity index (χ3v) is 4.41. The van der Waals surface area contributed by atoms with Gasteiger partial charge in [0.05, 0.1) is 27.4 Å². The summed E-state index contributed by atoms with van der Waals surface area (Å²) in [6.45, 7) is 1.10. The van der Waals surface area contributed by atoms with Crippen LogP contribution in [0.15, 0.2) is 30.3 Å². The third-order valence-electron chi connectivity index (χ3n) is 4.41. The largest absolute Gasteiger partial charge is 0.504 e. The van der Waals surface area contributed by atoms with E-state index in [2.05, 4.69) is 0 Å². The van der Waals surface area contributed by atoms with Crippen LogP contribution in [0.3, 0.4) is 0 Å². The molecule has 0 aromatic heterocycles. The number of hydrogen-bond donors (Lipinski definition) is 3. The molecule has 3 N–H and O–H groups in total. The number of phenolic OH excluding ortho intramolecular Hbond substituents is 1. The fourth-order valence-electron chi connectivity index (χ4n) is 2.93. The predicted octanol–water partition coefficient (Wildman–Crippen LogP) is 1.96. The number of aliphatic hydroxyl groups excluding tert-OH is 2. The number of benzene rings is 2. The van der Waals surface area contributed by atoms with Gasteiger partial charge in [-0.05, 0) is 35.4 Å². The highest BCUT2D eigenvalue weighted by atomic mass is 16.6. The lowest BCUT2D eigenvalue weighted by atomic mass is 9.97. The highest BCUT2D eigenvalue weighted by Crippen LogP contribution is 2.42. The van der Waals surface area contributed by atoms with Gasteiger partial charge >= 0.3 is 0 Å². The van der Waals surface area contributed by atoms with Crippen molar-refractivity contribution in [3.05, 3.63) is 41.5 Å². The second-order valence-corrected chi connectivity index (χ2v) is 6.18. The first kappa shape index (κ1) is 20.1. The molecule has 8 heteroatoms. The van der Waals surface area contributed by atoms with Crippen molar-refractivity contribution >= 4 is 0 Å². The van der Waals surface area contributed by atoms with E-state index in [1.807, 2.05) is 0 Å². The van der Waals surface area contributed by atoms with Gasteiger partial charge in [0.2, 0.25) is 5.75 Å². The zero-order valence-electron chi connectivity index (χ0n) is 15.8. The van der Waals surface area contributed by atoms with Crippen molar-refractivity contribution in [1.29, 1.82) is 0 Å². The van der Waals surface area contributed by atoms with E-state index in [9.17, 15) is 15.3 Å². The first-order chi connectivity index (χ1) is 13.5. The molecule has 0 radical (unpaired) electrons. The molecule has 0 spiro atoms. The summed E-state index contributed by atoms with van der Waals surface area (Å²) < 4.78 is 27.4. The van der Waals surface area contributed by atoms with Gasteiger partial charge in [-0.2, -0.15) is 0 Å². The normalized spacial score (nSPS) is 20.1. The lowest BCUT2D eigenvalue weighted by Gasteiger charge is -2.22. The third kappa shape index (κ3) is 4.24. The van der Waals surface area contributed by atoms with Gasteiger partial charge in [0, 0.05) is 0 Å². The molecule has 4 aliphatic heterocycles. The maximum Gasteiger partial charge on any atom is 0.203 e. The van der Waals surface area contributed by atoms with Crippen LogP contribution in [0.5, 0.6) is 28.7 Å². The molecule has 2 aromatic rings. The molecule has 0 fully saturated rings. The summed E-state index contributed by atoms with van der Waals surface area (Å²) in [5, 5.41) is 31.4. The fourth-order valence-corrected chi connectivity index (χ4v) is 2.93. The molecule has 0 amide bonds. The van der Waals surface area contributed by atoms with Crippen LogP contribution in [0.4, 0.5) is 0 Å². The molecule has 6 rings (SSSR count). The first-order valence-corrected chi connectivity index (χ1v) is 8.83. The van der Waals surface area contributed by atoms with E-state index >= 15 is 0 Å². The van der Waals surface area contributed by atoms with Crippen molar-refractivity contribution in [2.45, 2.75) is 12.2 Å². The predicted molar refractivity (Wildman–Crippen MR) is 99.4 cm³/mol. The number of rotatable bonds is 2. The highest BCUT2D eigenvalue weighted by Gasteiger charge is 2.25. The van der Waals surface area contributed by atoms with E-state index in [0.29, 0.717) is 41.6 Å². The van der Waals surface area contributed by atoms with E-state index in [0.717, 1.165) is 0 Å². The molecular formula is C20H24O8. The van der Waals surface area contributed by atoms with Gasteiger partial charge in [0.25, 0.3) is 0 Å². The minimum atomic E-state index is -1.29. The molecule has 0 aliphatic carbocycles. The topological polar surface area (TPSA) is 107 Å². The average Bonchev–Trinajstić information content (AvgIpc) is 2.72. The van der Waals surface area contributed by atoms with Gasteiger partial charge in [-0.3, -0.25) is 0 Å². The summed E-state index contributed by atoms with van der Waals surface area (Å²) in [5.74, 6) is 1.21. The Balaban J connectivity index is 2.02. The smallest absolute Gasteiger partial charge is 0.203 e. The molecule has 0 saturated heterocycles. The first-order valence-electron chi connectivity index (χ1n) is 8.83. The van der Waals surface area contributed by atoms with E-state index < -0.39 is 12.2 Å². The van der Waals surface area contributed by atoms with Gasteiger partial charge in [-0.25, -0.2) is 0 Å². The van der Waals surface area contributed by atoms with Crippen LogP contribution in [-0.2, 0) is 4.74 Å². The molecule has 8 nitrogen and oxygen atoms in total. The van der Waals surface area contributed by atoms with E-state index in [1.165, 1.54) is 26.4 Å². The molecule has 0 unspecified atom stereocenters. The summed E-state index contributed by atoms with van der Waals surface area (Å²) in [7, 11) is 2.95. The van der Waals surface area contributed by atoms with Crippen molar-refractivity contribution < 1.29 is 39.0 Å². The monoisotopic (exact) mass is 392 g/mol. The van der Waals surface area contributed by atoms with E-state index in [1.54, 1.807) is 18.2 Å². The maximum atomic E-state index is 10.7. The SMILES string of the molecule is COc1cc2cc(OC)c1OCCOCCOc1ccc(cc1O)[C@@H](O)[C@H]2O. The van der Waals surface area contributed by atoms with Crippen molar-refractivity contribution in [3.63, 3.8) is 0 Å². The summed E-state index contributed by atoms with van der Waals surface area (Å²) in [4.78, 5) is 0. The average molecular weight is 392 g/mol. The second kappa shape index (κ2) is 9.01. The van der Waals surface area contributed by atoms with Gasteiger partial charge in [-0.1, -0.05) is 6.07 Å². The van der Waals surface area contributed by atoms with Crippen LogP contribution in [0.2, 0.25) is 0 Å². The minimum absolute atomic E-state index is 0.137. The fraction of sp³-hybridized carbons (Fsp3) is 0.400. The van der Waals surface area contributed by atoms with Crippen LogP contribution < -0.4 is 18.9 Å². The Bertz CT molecular complexity index is 782. The lowest BCUT2D eigenvalue weighted by molar-refractivity contribution is 0.0168. The number of methoxy groups -OCH3 is 2. The van der Waals surface area contributed by atoms with Crippen LogP contribution >= 0.6 is 0 Å². The molecule has 4 heterocycles. The molecule has 0 saturated carbocycles. The second-order valence-electron chi connectivity index (χ2n) is 6.18. The Morgan fingerprint density at radius 3 is 2.04 bits per heavy atom. The summed E-state index contributed by atoms with van der Waals surface area (Å²) >= 11 is 0. The summed E-state index contributed by atoms with van der Waals surface area (Å²) in [6, 6.07) is 7.61. The van der Waals surface area contributed by atoms with Crippen LogP contribution in [-0.4, -0.2) is 56.0 Å². The van der Waals surface area contributed by atoms with Gasteiger partial charge < -0.3 is 39.0 Å². The Morgan fingerprint density at radius 2 is 1.43 bits per heavy atom. The molecule has 28 heavy (non-hydrogen) atoms. The summed E-state index contributed by atoms with van der Waals surface area (Å²) in [5.41, 5.74) is 0.699. The van der Waals surface area contributed by atoms with Gasteiger partial charge in [-0.15, -0.1) is 0 Å². The Morgan fingerprint density at radius 1 is 0.821 bits per heavy atom. The van der Waals surface area contributed by atoms with Crippen molar-refractivity contribution in [3.8, 4) is 28.7 Å².